The second kappa shape index (κ2) is 2.58. The molecule has 0 aliphatic rings. The van der Waals surface area contributed by atoms with Gasteiger partial charge in [-0.15, -0.1) is 0 Å². The van der Waals surface area contributed by atoms with Gasteiger partial charge in [-0.2, -0.15) is 0 Å². The predicted octanol–water partition coefficient (Wildman–Crippen LogP) is 1.03. The van der Waals surface area contributed by atoms with Gasteiger partial charge in [0.05, 0.1) is 0 Å². The van der Waals surface area contributed by atoms with Crippen LogP contribution >= 0.6 is 0 Å². The van der Waals surface area contributed by atoms with Crippen LogP contribution in [0.5, 0.6) is 11.5 Å². The topological polar surface area (TPSA) is 60.4 Å². The summed E-state index contributed by atoms with van der Waals surface area (Å²) in [7, 11) is 0. The molecule has 0 spiro atoms. The summed E-state index contributed by atoms with van der Waals surface area (Å²) in [5.41, 5.74) is 0.222. The van der Waals surface area contributed by atoms with Crippen LogP contribution in [0.15, 0.2) is 18.2 Å². The molecule has 0 aromatic heterocycles. The maximum atomic E-state index is 10.2. The van der Waals surface area contributed by atoms with Gasteiger partial charge in [0.25, 0.3) is 0 Å². The Kier molecular flexibility index (Phi) is 1.78. The molecular weight excluding hydrogens is 132 g/mol. The van der Waals surface area contributed by atoms with Gasteiger partial charge in [-0.25, -0.2) is 5.11 Å². The van der Waals surface area contributed by atoms with Crippen LogP contribution in [0.2, 0.25) is 0 Å². The van der Waals surface area contributed by atoms with Gasteiger partial charge in [-0.1, -0.05) is 12.1 Å². The molecule has 0 saturated heterocycles. The summed E-state index contributed by atoms with van der Waals surface area (Å²) in [5.74, 6) is -0.550. The van der Waals surface area contributed by atoms with Gasteiger partial charge in [-0.05, 0) is 6.07 Å². The van der Waals surface area contributed by atoms with Gasteiger partial charge >= 0.3 is 0 Å². The summed E-state index contributed by atoms with van der Waals surface area (Å²) < 4.78 is 0. The maximum Gasteiger partial charge on any atom is 0.163 e. The van der Waals surface area contributed by atoms with Crippen molar-refractivity contribution >= 4 is 0 Å². The minimum Gasteiger partial charge on any atom is -0.504 e. The van der Waals surface area contributed by atoms with Crippen LogP contribution in [0.1, 0.15) is 5.56 Å². The fourth-order valence-electron chi connectivity index (χ4n) is 0.694. The van der Waals surface area contributed by atoms with Crippen molar-refractivity contribution in [2.24, 2.45) is 0 Å². The molecule has 53 valence electrons. The minimum absolute atomic E-state index is 0.222. The Labute approximate surface area is 58.2 Å². The predicted molar refractivity (Wildman–Crippen MR) is 34.2 cm³/mol. The average molecular weight is 139 g/mol. The summed E-state index contributed by atoms with van der Waals surface area (Å²) in [6, 6.07) is 4.32. The number of hydrogen-bond donors (Lipinski definition) is 2. The van der Waals surface area contributed by atoms with Gasteiger partial charge in [0.2, 0.25) is 0 Å². The van der Waals surface area contributed by atoms with Gasteiger partial charge in [-0.3, -0.25) is 0 Å². The lowest BCUT2D eigenvalue weighted by atomic mass is 10.2. The van der Waals surface area contributed by atoms with E-state index in [2.05, 4.69) is 0 Å². The van der Waals surface area contributed by atoms with Crippen molar-refractivity contribution in [3.05, 3.63) is 23.8 Å². The minimum atomic E-state index is -0.514. The standard InChI is InChI=1S/C7H7O3/c8-4-5-2-1-3-6(9)7(5)10/h1-3,9-10H,4H2. The van der Waals surface area contributed by atoms with Gasteiger partial charge in [0.15, 0.2) is 11.5 Å². The van der Waals surface area contributed by atoms with Crippen molar-refractivity contribution in [1.29, 1.82) is 0 Å². The third-order valence-electron chi connectivity index (χ3n) is 1.25. The van der Waals surface area contributed by atoms with E-state index in [-0.39, 0.29) is 17.1 Å². The number of phenolic OH excluding ortho intramolecular Hbond substituents is 2. The molecule has 2 N–H and O–H groups in total. The Morgan fingerprint density at radius 3 is 2.50 bits per heavy atom. The number of benzene rings is 1. The zero-order chi connectivity index (χ0) is 7.56. The molecular formula is C7H7O3. The van der Waals surface area contributed by atoms with E-state index in [9.17, 15) is 5.11 Å². The Bertz CT molecular complexity index is 232. The third kappa shape index (κ3) is 1.04. The fraction of sp³-hybridized carbons (Fsp3) is 0.143. The average Bonchev–Trinajstić information content (AvgIpc) is 1.95. The molecule has 0 saturated carbocycles. The van der Waals surface area contributed by atoms with Crippen molar-refractivity contribution < 1.29 is 15.3 Å². The van der Waals surface area contributed by atoms with Crippen molar-refractivity contribution in [3.63, 3.8) is 0 Å². The molecule has 0 amide bonds. The number of rotatable bonds is 1. The van der Waals surface area contributed by atoms with Gasteiger partial charge in [0, 0.05) is 5.56 Å². The molecule has 10 heavy (non-hydrogen) atoms. The van der Waals surface area contributed by atoms with Crippen LogP contribution in [0.3, 0.4) is 0 Å². The molecule has 0 aliphatic heterocycles. The molecule has 1 aromatic carbocycles. The summed E-state index contributed by atoms with van der Waals surface area (Å²) in [6.07, 6.45) is 0. The van der Waals surface area contributed by atoms with E-state index in [1.54, 1.807) is 0 Å². The molecule has 0 bridgehead atoms. The maximum absolute atomic E-state index is 10.2. The van der Waals surface area contributed by atoms with Crippen LogP contribution in [-0.4, -0.2) is 10.2 Å². The molecule has 0 unspecified atom stereocenters. The molecule has 1 rings (SSSR count). The third-order valence-corrected chi connectivity index (χ3v) is 1.25. The molecule has 0 aliphatic carbocycles. The van der Waals surface area contributed by atoms with Crippen molar-refractivity contribution in [3.8, 4) is 11.5 Å². The van der Waals surface area contributed by atoms with Crippen molar-refractivity contribution in [1.82, 2.24) is 0 Å². The molecule has 1 aromatic rings. The SMILES string of the molecule is [O]Cc1cccc(O)c1O. The lowest BCUT2D eigenvalue weighted by Gasteiger charge is -1.99. The van der Waals surface area contributed by atoms with E-state index in [1.165, 1.54) is 18.2 Å². The second-order valence-corrected chi connectivity index (χ2v) is 1.93. The largest absolute Gasteiger partial charge is 0.504 e. The number of hydrogen-bond acceptors (Lipinski definition) is 2. The van der Waals surface area contributed by atoms with Gasteiger partial charge < -0.3 is 10.2 Å². The Morgan fingerprint density at radius 2 is 2.00 bits per heavy atom. The van der Waals surface area contributed by atoms with E-state index in [1.807, 2.05) is 0 Å². The number of para-hydroxylation sites is 1. The van der Waals surface area contributed by atoms with E-state index >= 15 is 0 Å². The second-order valence-electron chi connectivity index (χ2n) is 1.93. The summed E-state index contributed by atoms with van der Waals surface area (Å²) >= 11 is 0. The molecule has 1 radical (unpaired) electrons. The molecule has 3 nitrogen and oxygen atoms in total. The summed E-state index contributed by atoms with van der Waals surface area (Å²) in [6.45, 7) is -0.514. The van der Waals surface area contributed by atoms with Crippen LogP contribution in [-0.2, 0) is 11.7 Å². The fourth-order valence-corrected chi connectivity index (χ4v) is 0.694. The Balaban J connectivity index is 3.14. The molecule has 3 heteroatoms. The lowest BCUT2D eigenvalue weighted by molar-refractivity contribution is 0.174. The Hall–Kier alpha value is -1.22. The zero-order valence-corrected chi connectivity index (χ0v) is 5.24. The van der Waals surface area contributed by atoms with Crippen molar-refractivity contribution in [2.75, 3.05) is 0 Å². The Morgan fingerprint density at radius 1 is 1.30 bits per heavy atom. The van der Waals surface area contributed by atoms with Crippen LogP contribution in [0.25, 0.3) is 0 Å². The first kappa shape index (κ1) is 6.89. The summed E-state index contributed by atoms with van der Waals surface area (Å²) in [5, 5.41) is 28.0. The molecule has 0 atom stereocenters. The van der Waals surface area contributed by atoms with Crippen LogP contribution in [0.4, 0.5) is 0 Å². The zero-order valence-electron chi connectivity index (χ0n) is 5.24. The monoisotopic (exact) mass is 139 g/mol. The van der Waals surface area contributed by atoms with Crippen LogP contribution in [0, 0.1) is 0 Å². The first-order chi connectivity index (χ1) is 4.75. The van der Waals surface area contributed by atoms with Gasteiger partial charge in [0.1, 0.15) is 6.61 Å². The first-order valence-corrected chi connectivity index (χ1v) is 2.83. The highest BCUT2D eigenvalue weighted by Gasteiger charge is 2.03. The highest BCUT2D eigenvalue weighted by molar-refractivity contribution is 5.43. The first-order valence-electron chi connectivity index (χ1n) is 2.83. The normalized spacial score (nSPS) is 9.70. The molecule has 0 heterocycles. The van der Waals surface area contributed by atoms with E-state index in [0.29, 0.717) is 0 Å². The smallest absolute Gasteiger partial charge is 0.163 e. The van der Waals surface area contributed by atoms with E-state index in [0.717, 1.165) is 0 Å². The van der Waals surface area contributed by atoms with Crippen molar-refractivity contribution in [2.45, 2.75) is 6.61 Å². The quantitative estimate of drug-likeness (QED) is 0.571. The van der Waals surface area contributed by atoms with E-state index in [4.69, 9.17) is 10.2 Å². The lowest BCUT2D eigenvalue weighted by Crippen LogP contribution is -1.81. The number of phenols is 2. The summed E-state index contributed by atoms with van der Waals surface area (Å²) in [4.78, 5) is 0. The molecule has 0 fully saturated rings. The highest BCUT2D eigenvalue weighted by Crippen LogP contribution is 2.27. The number of aromatic hydroxyl groups is 2. The van der Waals surface area contributed by atoms with E-state index < -0.39 is 6.61 Å². The van der Waals surface area contributed by atoms with Crippen LogP contribution < -0.4 is 0 Å². The highest BCUT2D eigenvalue weighted by atomic mass is 16.3.